The third kappa shape index (κ3) is 4.66. The van der Waals surface area contributed by atoms with Crippen LogP contribution in [0.4, 0.5) is 0 Å². The molecule has 3 aromatic rings. The van der Waals surface area contributed by atoms with Crippen LogP contribution in [-0.2, 0) is 0 Å². The van der Waals surface area contributed by atoms with Crippen molar-refractivity contribution in [1.82, 2.24) is 14.9 Å². The topological polar surface area (TPSA) is 76.5 Å². The fraction of sp³-hybridized carbons (Fsp3) is 0.150. The number of allylic oxidation sites excluding steroid dienone is 1. The number of para-hydroxylation sites is 1. The molecule has 0 atom stereocenters. The molecule has 0 bridgehead atoms. The molecule has 28 heavy (non-hydrogen) atoms. The molecule has 144 valence electrons. The molecule has 0 aliphatic heterocycles. The maximum Gasteiger partial charge on any atom is 0.216 e. The number of hydrazone groups is 1. The largest absolute Gasteiger partial charge is 0.496 e. The second-order valence-corrected chi connectivity index (χ2v) is 6.01. The number of rotatable bonds is 8. The highest BCUT2D eigenvalue weighted by molar-refractivity contribution is 7.71. The predicted molar refractivity (Wildman–Crippen MR) is 114 cm³/mol. The Hall–Kier alpha value is -3.39. The van der Waals surface area contributed by atoms with Crippen molar-refractivity contribution >= 4 is 24.5 Å². The number of nitrogens with one attached hydrogen (secondary N) is 2. The molecule has 0 aliphatic carbocycles. The van der Waals surface area contributed by atoms with Crippen LogP contribution in [0.15, 0.2) is 59.7 Å². The van der Waals surface area contributed by atoms with Crippen molar-refractivity contribution < 1.29 is 9.47 Å². The molecule has 0 spiro atoms. The van der Waals surface area contributed by atoms with E-state index in [1.807, 2.05) is 67.6 Å². The molecule has 0 saturated carbocycles. The van der Waals surface area contributed by atoms with Gasteiger partial charge in [-0.15, -0.1) is 0 Å². The first-order valence-electron chi connectivity index (χ1n) is 8.72. The molecule has 2 N–H and O–H groups in total. The fourth-order valence-corrected chi connectivity index (χ4v) is 2.71. The molecule has 2 aromatic carbocycles. The van der Waals surface area contributed by atoms with E-state index >= 15 is 0 Å². The minimum absolute atomic E-state index is 0.412. The zero-order chi connectivity index (χ0) is 19.8. The minimum atomic E-state index is 0.412. The van der Waals surface area contributed by atoms with E-state index < -0.39 is 0 Å². The standard InChI is InChI=1S/C20H21N5O2S/c1-3-27-17-12-10-16(11-13-17)19-22-23-20(28)25(19)24-21-14-6-8-15-7-4-5-9-18(15)26-2/h4-14,24H,3H2,1-2H3,(H,23,28)/b8-6+,21-14-. The highest BCUT2D eigenvalue weighted by atomic mass is 32.1. The first-order valence-corrected chi connectivity index (χ1v) is 9.13. The molecule has 1 aromatic heterocycles. The summed E-state index contributed by atoms with van der Waals surface area (Å²) < 4.78 is 12.8. The monoisotopic (exact) mass is 395 g/mol. The molecule has 3 rings (SSSR count). The van der Waals surface area contributed by atoms with E-state index in [4.69, 9.17) is 21.7 Å². The summed E-state index contributed by atoms with van der Waals surface area (Å²) in [5.74, 6) is 2.23. The van der Waals surface area contributed by atoms with Gasteiger partial charge in [-0.25, -0.2) is 10.6 Å². The van der Waals surface area contributed by atoms with Gasteiger partial charge in [0.15, 0.2) is 5.82 Å². The van der Waals surface area contributed by atoms with Gasteiger partial charge in [-0.1, -0.05) is 18.2 Å². The molecular formula is C20H21N5O2S. The van der Waals surface area contributed by atoms with Crippen LogP contribution in [0.25, 0.3) is 17.5 Å². The molecule has 0 fully saturated rings. The van der Waals surface area contributed by atoms with Crippen molar-refractivity contribution in [3.05, 3.63) is 64.9 Å². The highest BCUT2D eigenvalue weighted by Gasteiger charge is 2.08. The van der Waals surface area contributed by atoms with Crippen LogP contribution in [0, 0.1) is 4.77 Å². The van der Waals surface area contributed by atoms with Crippen molar-refractivity contribution in [2.75, 3.05) is 19.3 Å². The maximum atomic E-state index is 5.47. The predicted octanol–water partition coefficient (Wildman–Crippen LogP) is 4.26. The van der Waals surface area contributed by atoms with Crippen LogP contribution < -0.4 is 15.0 Å². The Kier molecular flexibility index (Phi) is 6.59. The van der Waals surface area contributed by atoms with Crippen molar-refractivity contribution in [3.63, 3.8) is 0 Å². The van der Waals surface area contributed by atoms with Gasteiger partial charge in [-0.3, -0.25) is 0 Å². The van der Waals surface area contributed by atoms with Gasteiger partial charge in [-0.2, -0.15) is 14.9 Å². The number of hydrogen-bond donors (Lipinski definition) is 2. The average Bonchev–Trinajstić information content (AvgIpc) is 3.09. The summed E-state index contributed by atoms with van der Waals surface area (Å²) in [4.78, 5) is 0. The average molecular weight is 395 g/mol. The first kappa shape index (κ1) is 19.4. The van der Waals surface area contributed by atoms with Crippen LogP contribution in [0.5, 0.6) is 11.5 Å². The number of benzene rings is 2. The van der Waals surface area contributed by atoms with Gasteiger partial charge in [0.2, 0.25) is 4.77 Å². The summed E-state index contributed by atoms with van der Waals surface area (Å²) in [6.45, 7) is 2.57. The Morgan fingerprint density at radius 2 is 2.00 bits per heavy atom. The molecule has 0 saturated heterocycles. The van der Waals surface area contributed by atoms with Gasteiger partial charge in [0, 0.05) is 17.3 Å². The van der Waals surface area contributed by atoms with Crippen LogP contribution >= 0.6 is 12.2 Å². The number of nitrogens with zero attached hydrogens (tertiary/aromatic N) is 3. The molecule has 0 radical (unpaired) electrons. The number of methoxy groups -OCH3 is 1. The zero-order valence-corrected chi connectivity index (χ0v) is 16.4. The number of aromatic amines is 1. The maximum absolute atomic E-state index is 5.47. The van der Waals surface area contributed by atoms with Gasteiger partial charge >= 0.3 is 0 Å². The minimum Gasteiger partial charge on any atom is -0.496 e. The summed E-state index contributed by atoms with van der Waals surface area (Å²) in [7, 11) is 1.64. The Morgan fingerprint density at radius 1 is 1.21 bits per heavy atom. The molecular weight excluding hydrogens is 374 g/mol. The van der Waals surface area contributed by atoms with Crippen LogP contribution in [0.3, 0.4) is 0 Å². The van der Waals surface area contributed by atoms with Gasteiger partial charge in [0.1, 0.15) is 11.5 Å². The molecule has 7 nitrogen and oxygen atoms in total. The number of hydrogen-bond acceptors (Lipinski definition) is 6. The Labute approximate surface area is 168 Å². The van der Waals surface area contributed by atoms with E-state index in [1.165, 1.54) is 0 Å². The van der Waals surface area contributed by atoms with Gasteiger partial charge in [0.05, 0.1) is 13.7 Å². The zero-order valence-electron chi connectivity index (χ0n) is 15.6. The van der Waals surface area contributed by atoms with Crippen LogP contribution in [0.2, 0.25) is 0 Å². The molecule has 0 unspecified atom stereocenters. The smallest absolute Gasteiger partial charge is 0.216 e. The fourth-order valence-electron chi connectivity index (χ4n) is 2.54. The SMILES string of the molecule is CCOc1ccc(-c2n[nH]c(=S)n2N/N=C\C=C\c2ccccc2OC)cc1. The normalized spacial score (nSPS) is 11.2. The lowest BCUT2D eigenvalue weighted by atomic mass is 10.2. The molecule has 1 heterocycles. The van der Waals surface area contributed by atoms with E-state index in [1.54, 1.807) is 18.0 Å². The number of aromatic nitrogens is 3. The lowest BCUT2D eigenvalue weighted by Gasteiger charge is -2.06. The quantitative estimate of drug-likeness (QED) is 0.339. The van der Waals surface area contributed by atoms with Crippen LogP contribution in [-0.4, -0.2) is 34.8 Å². The van der Waals surface area contributed by atoms with E-state index in [0.717, 1.165) is 22.6 Å². The Morgan fingerprint density at radius 3 is 2.75 bits per heavy atom. The van der Waals surface area contributed by atoms with Crippen LogP contribution in [0.1, 0.15) is 12.5 Å². The second-order valence-electron chi connectivity index (χ2n) is 5.62. The lowest BCUT2D eigenvalue weighted by molar-refractivity contribution is 0.340. The van der Waals surface area contributed by atoms with Gasteiger partial charge in [0.25, 0.3) is 0 Å². The van der Waals surface area contributed by atoms with Crippen molar-refractivity contribution in [3.8, 4) is 22.9 Å². The Balaban J connectivity index is 1.71. The highest BCUT2D eigenvalue weighted by Crippen LogP contribution is 2.20. The number of H-pyrrole nitrogens is 1. The van der Waals surface area contributed by atoms with E-state index in [2.05, 4.69) is 20.8 Å². The molecule has 0 amide bonds. The second kappa shape index (κ2) is 9.52. The number of ether oxygens (including phenoxy) is 2. The van der Waals surface area contributed by atoms with E-state index in [0.29, 0.717) is 17.2 Å². The van der Waals surface area contributed by atoms with Gasteiger partial charge in [-0.05, 0) is 61.6 Å². The summed E-state index contributed by atoms with van der Waals surface area (Å²) in [6.07, 6.45) is 5.35. The van der Waals surface area contributed by atoms with E-state index in [9.17, 15) is 0 Å². The summed E-state index contributed by atoms with van der Waals surface area (Å²) in [6, 6.07) is 15.4. The molecule has 8 heteroatoms. The van der Waals surface area contributed by atoms with Crippen molar-refractivity contribution in [1.29, 1.82) is 0 Å². The third-order valence-electron chi connectivity index (χ3n) is 3.83. The van der Waals surface area contributed by atoms with E-state index in [-0.39, 0.29) is 0 Å². The van der Waals surface area contributed by atoms with Gasteiger partial charge < -0.3 is 9.47 Å². The summed E-state index contributed by atoms with van der Waals surface area (Å²) in [5, 5.41) is 11.2. The molecule has 0 aliphatic rings. The Bertz CT molecular complexity index is 1020. The van der Waals surface area contributed by atoms with Crippen molar-refractivity contribution in [2.24, 2.45) is 5.10 Å². The van der Waals surface area contributed by atoms with Crippen molar-refractivity contribution in [2.45, 2.75) is 6.92 Å². The lowest BCUT2D eigenvalue weighted by Crippen LogP contribution is -2.10. The summed E-state index contributed by atoms with van der Waals surface area (Å²) >= 11 is 5.28. The summed E-state index contributed by atoms with van der Waals surface area (Å²) in [5.41, 5.74) is 4.73. The first-order chi connectivity index (χ1) is 13.7. The third-order valence-corrected chi connectivity index (χ3v) is 4.10.